The minimum Gasteiger partial charge on any atom is -0.342 e. The van der Waals surface area contributed by atoms with Crippen LogP contribution in [0.5, 0.6) is 0 Å². The Morgan fingerprint density at radius 1 is 1.07 bits per heavy atom. The molecule has 1 amide bonds. The van der Waals surface area contributed by atoms with Gasteiger partial charge in [-0.1, -0.05) is 17.9 Å². The smallest absolute Gasteiger partial charge is 0.270 e. The zero-order chi connectivity index (χ0) is 19.2. The van der Waals surface area contributed by atoms with Gasteiger partial charge >= 0.3 is 0 Å². The lowest BCUT2D eigenvalue weighted by atomic mass is 10.0. The van der Waals surface area contributed by atoms with Crippen molar-refractivity contribution in [1.29, 1.82) is 0 Å². The number of rotatable bonds is 3. The Kier molecular flexibility index (Phi) is 5.82. The number of nitrogens with zero attached hydrogens (tertiary/aromatic N) is 2. The molecule has 0 aliphatic carbocycles. The van der Waals surface area contributed by atoms with Crippen molar-refractivity contribution in [2.24, 2.45) is 0 Å². The highest BCUT2D eigenvalue weighted by molar-refractivity contribution is 5.80. The maximum Gasteiger partial charge on any atom is 0.270 e. The van der Waals surface area contributed by atoms with Crippen molar-refractivity contribution in [3.05, 3.63) is 75.1 Å². The Labute approximate surface area is 157 Å². The summed E-state index contributed by atoms with van der Waals surface area (Å²) in [4.78, 5) is 25.0. The molecule has 1 aliphatic rings. The van der Waals surface area contributed by atoms with Crippen LogP contribution in [0.2, 0.25) is 0 Å². The molecule has 5 nitrogen and oxygen atoms in total. The van der Waals surface area contributed by atoms with Gasteiger partial charge in [0.15, 0.2) is 0 Å². The number of carbonyl (C=O) groups excluding carboxylic acids is 1. The first-order valence-electron chi connectivity index (χ1n) is 8.85. The fourth-order valence-corrected chi connectivity index (χ4v) is 3.04. The van der Waals surface area contributed by atoms with E-state index in [2.05, 4.69) is 11.8 Å². The molecule has 138 valence electrons. The molecule has 0 N–H and O–H groups in total. The van der Waals surface area contributed by atoms with Gasteiger partial charge in [0.25, 0.3) is 5.69 Å². The van der Waals surface area contributed by atoms with E-state index in [-0.39, 0.29) is 23.8 Å². The summed E-state index contributed by atoms with van der Waals surface area (Å²) in [6.07, 6.45) is 3.30. The van der Waals surface area contributed by atoms with Crippen molar-refractivity contribution in [2.75, 3.05) is 13.1 Å². The van der Waals surface area contributed by atoms with Gasteiger partial charge in [0.1, 0.15) is 5.82 Å². The molecular weight excluding hydrogens is 347 g/mol. The van der Waals surface area contributed by atoms with Gasteiger partial charge in [0.05, 0.1) is 11.3 Å². The lowest BCUT2D eigenvalue weighted by molar-refractivity contribution is -0.384. The summed E-state index contributed by atoms with van der Waals surface area (Å²) >= 11 is 0. The first kappa shape index (κ1) is 18.6. The Balaban J connectivity index is 1.88. The van der Waals surface area contributed by atoms with Gasteiger partial charge in [-0.05, 0) is 49.1 Å². The van der Waals surface area contributed by atoms with Crippen molar-refractivity contribution in [3.8, 4) is 11.8 Å². The molecule has 1 saturated heterocycles. The Morgan fingerprint density at radius 2 is 1.78 bits per heavy atom. The minimum atomic E-state index is -0.487. The lowest BCUT2D eigenvalue weighted by Crippen LogP contribution is -2.36. The molecule has 1 aliphatic heterocycles. The average Bonchev–Trinajstić information content (AvgIpc) is 2.69. The predicted molar refractivity (Wildman–Crippen MR) is 99.6 cm³/mol. The van der Waals surface area contributed by atoms with Crippen molar-refractivity contribution < 1.29 is 14.1 Å². The van der Waals surface area contributed by atoms with E-state index in [9.17, 15) is 19.3 Å². The van der Waals surface area contributed by atoms with E-state index in [1.54, 1.807) is 6.07 Å². The fourth-order valence-electron chi connectivity index (χ4n) is 3.04. The van der Waals surface area contributed by atoms with Crippen LogP contribution in [-0.4, -0.2) is 28.8 Å². The third-order valence-electron chi connectivity index (χ3n) is 4.54. The van der Waals surface area contributed by atoms with Crippen LogP contribution in [0.4, 0.5) is 10.1 Å². The predicted octanol–water partition coefficient (Wildman–Crippen LogP) is 3.69. The number of amides is 1. The molecule has 1 heterocycles. The fraction of sp³-hybridized carbons (Fsp3) is 0.286. The second-order valence-corrected chi connectivity index (χ2v) is 6.47. The largest absolute Gasteiger partial charge is 0.342 e. The van der Waals surface area contributed by atoms with Crippen LogP contribution < -0.4 is 0 Å². The van der Waals surface area contributed by atoms with Crippen LogP contribution in [0.15, 0.2) is 42.5 Å². The molecule has 3 rings (SSSR count). The van der Waals surface area contributed by atoms with Crippen LogP contribution in [0.1, 0.15) is 36.0 Å². The van der Waals surface area contributed by atoms with E-state index < -0.39 is 4.92 Å². The maximum absolute atomic E-state index is 13.0. The van der Waals surface area contributed by atoms with Gasteiger partial charge in [-0.3, -0.25) is 14.9 Å². The number of nitro groups is 1. The number of non-ortho nitro benzene ring substituents is 1. The van der Waals surface area contributed by atoms with E-state index >= 15 is 0 Å². The molecule has 0 unspecified atom stereocenters. The standard InChI is InChI=1S/C21H19FN2O3/c22-19-9-5-16(6-10-19)4-7-17-14-20(24(26)27)11-8-18(17)15-21(25)23-12-2-1-3-13-23/h5-6,8-11,14H,1-3,12-13,15H2. The number of carbonyl (C=O) groups is 1. The number of halogens is 1. The molecular formula is C21H19FN2O3. The van der Waals surface area contributed by atoms with Crippen LogP contribution in [0.25, 0.3) is 0 Å². The van der Waals surface area contributed by atoms with Gasteiger partial charge in [-0.15, -0.1) is 0 Å². The monoisotopic (exact) mass is 366 g/mol. The number of hydrogen-bond acceptors (Lipinski definition) is 3. The molecule has 2 aromatic carbocycles. The van der Waals surface area contributed by atoms with E-state index in [4.69, 9.17) is 0 Å². The molecule has 0 saturated carbocycles. The van der Waals surface area contributed by atoms with Gasteiger partial charge in [0, 0.05) is 36.3 Å². The molecule has 1 fully saturated rings. The van der Waals surface area contributed by atoms with Crippen LogP contribution >= 0.6 is 0 Å². The molecule has 0 bridgehead atoms. The van der Waals surface area contributed by atoms with E-state index in [1.807, 2.05) is 4.90 Å². The van der Waals surface area contributed by atoms with Crippen LogP contribution in [0.3, 0.4) is 0 Å². The highest BCUT2D eigenvalue weighted by Crippen LogP contribution is 2.19. The zero-order valence-electron chi connectivity index (χ0n) is 14.8. The summed E-state index contributed by atoms with van der Waals surface area (Å²) < 4.78 is 13.0. The van der Waals surface area contributed by atoms with Crippen molar-refractivity contribution >= 4 is 11.6 Å². The van der Waals surface area contributed by atoms with E-state index in [0.29, 0.717) is 16.7 Å². The van der Waals surface area contributed by atoms with Gasteiger partial charge in [-0.25, -0.2) is 4.39 Å². The molecule has 0 radical (unpaired) electrons. The number of piperidine rings is 1. The van der Waals surface area contributed by atoms with E-state index in [0.717, 1.165) is 32.4 Å². The van der Waals surface area contributed by atoms with Crippen molar-refractivity contribution in [3.63, 3.8) is 0 Å². The first-order valence-corrected chi connectivity index (χ1v) is 8.85. The van der Waals surface area contributed by atoms with Gasteiger partial charge in [0.2, 0.25) is 5.91 Å². The summed E-state index contributed by atoms with van der Waals surface area (Å²) in [5, 5.41) is 11.1. The van der Waals surface area contributed by atoms with Gasteiger partial charge < -0.3 is 4.90 Å². The summed E-state index contributed by atoms with van der Waals surface area (Å²) in [6.45, 7) is 1.50. The summed E-state index contributed by atoms with van der Waals surface area (Å²) in [5.41, 5.74) is 1.62. The minimum absolute atomic E-state index is 0.00776. The highest BCUT2D eigenvalue weighted by atomic mass is 19.1. The number of likely N-dealkylation sites (tertiary alicyclic amines) is 1. The Hall–Kier alpha value is -3.20. The molecule has 0 spiro atoms. The zero-order valence-corrected chi connectivity index (χ0v) is 14.8. The second-order valence-electron chi connectivity index (χ2n) is 6.47. The quantitative estimate of drug-likeness (QED) is 0.473. The average molecular weight is 366 g/mol. The van der Waals surface area contributed by atoms with Crippen molar-refractivity contribution in [2.45, 2.75) is 25.7 Å². The highest BCUT2D eigenvalue weighted by Gasteiger charge is 2.19. The summed E-state index contributed by atoms with van der Waals surface area (Å²) in [5.74, 6) is 5.44. The molecule has 2 aromatic rings. The Morgan fingerprint density at radius 3 is 2.44 bits per heavy atom. The third-order valence-corrected chi connectivity index (χ3v) is 4.54. The maximum atomic E-state index is 13.0. The topological polar surface area (TPSA) is 63.4 Å². The Bertz CT molecular complexity index is 907. The number of nitro benzene ring substituents is 1. The summed E-state index contributed by atoms with van der Waals surface area (Å²) in [6, 6.07) is 10.1. The molecule has 0 atom stereocenters. The normalized spacial score (nSPS) is 13.6. The summed E-state index contributed by atoms with van der Waals surface area (Å²) in [7, 11) is 0. The first-order chi connectivity index (χ1) is 13.0. The number of benzene rings is 2. The molecule has 6 heteroatoms. The van der Waals surface area contributed by atoms with Crippen LogP contribution in [-0.2, 0) is 11.2 Å². The third kappa shape index (κ3) is 4.91. The SMILES string of the molecule is O=C(Cc1ccc([N+](=O)[O-])cc1C#Cc1ccc(F)cc1)N1CCCCC1. The number of hydrogen-bond donors (Lipinski definition) is 0. The second kappa shape index (κ2) is 8.45. The van der Waals surface area contributed by atoms with Crippen molar-refractivity contribution in [1.82, 2.24) is 4.90 Å². The lowest BCUT2D eigenvalue weighted by Gasteiger charge is -2.26. The van der Waals surface area contributed by atoms with E-state index in [1.165, 1.54) is 36.4 Å². The molecule has 0 aromatic heterocycles. The van der Waals surface area contributed by atoms with Gasteiger partial charge in [-0.2, -0.15) is 0 Å². The van der Waals surface area contributed by atoms with Crippen LogP contribution in [0, 0.1) is 27.8 Å². The molecule has 27 heavy (non-hydrogen) atoms.